The van der Waals surface area contributed by atoms with Crippen molar-refractivity contribution in [2.24, 2.45) is 0 Å². The maximum Gasteiger partial charge on any atom is 0.337 e. The number of anilines is 1. The Morgan fingerprint density at radius 3 is 2.69 bits per heavy atom. The first-order valence-electron chi connectivity index (χ1n) is 3.71. The molecule has 1 aromatic carbocycles. The number of hydrogen-bond acceptors (Lipinski definition) is 4. The van der Waals surface area contributed by atoms with Crippen molar-refractivity contribution in [3.8, 4) is 0 Å². The monoisotopic (exact) mass is 197 g/mol. The molecule has 0 bridgehead atoms. The minimum absolute atomic E-state index is 0.362. The summed E-state index contributed by atoms with van der Waals surface area (Å²) >= 11 is 1.55. The van der Waals surface area contributed by atoms with Gasteiger partial charge in [-0.1, -0.05) is 0 Å². The van der Waals surface area contributed by atoms with Crippen LogP contribution in [0.15, 0.2) is 23.1 Å². The Balaban J connectivity index is 3.02. The molecule has 0 aliphatic rings. The molecular weight excluding hydrogens is 186 g/mol. The molecule has 0 aliphatic carbocycles. The standard InChI is InChI=1S/C9H11NO2S/c1-12-9(11)6-3-4-8(13-2)7(10)5-6/h3-5H,10H2,1-2H3. The van der Waals surface area contributed by atoms with Crippen LogP contribution in [0.2, 0.25) is 0 Å². The van der Waals surface area contributed by atoms with Gasteiger partial charge in [-0.2, -0.15) is 0 Å². The summed E-state index contributed by atoms with van der Waals surface area (Å²) in [6.45, 7) is 0. The van der Waals surface area contributed by atoms with E-state index in [2.05, 4.69) is 4.74 Å². The van der Waals surface area contributed by atoms with Crippen LogP contribution in [0.4, 0.5) is 5.69 Å². The van der Waals surface area contributed by atoms with Gasteiger partial charge in [0.25, 0.3) is 0 Å². The third-order valence-electron chi connectivity index (χ3n) is 1.65. The third-order valence-corrected chi connectivity index (χ3v) is 2.46. The number of ether oxygens (including phenoxy) is 1. The van der Waals surface area contributed by atoms with Crippen molar-refractivity contribution in [1.29, 1.82) is 0 Å². The van der Waals surface area contributed by atoms with E-state index in [1.54, 1.807) is 23.9 Å². The van der Waals surface area contributed by atoms with Crippen molar-refractivity contribution in [3.05, 3.63) is 23.8 Å². The van der Waals surface area contributed by atoms with Crippen LogP contribution in [-0.4, -0.2) is 19.3 Å². The predicted octanol–water partition coefficient (Wildman–Crippen LogP) is 1.78. The maximum atomic E-state index is 11.1. The highest BCUT2D eigenvalue weighted by Gasteiger charge is 2.06. The quantitative estimate of drug-likeness (QED) is 0.446. The van der Waals surface area contributed by atoms with Gasteiger partial charge in [0.1, 0.15) is 0 Å². The van der Waals surface area contributed by atoms with Gasteiger partial charge in [0, 0.05) is 10.6 Å². The first-order chi connectivity index (χ1) is 6.19. The number of carbonyl (C=O) groups is 1. The third kappa shape index (κ3) is 2.15. The van der Waals surface area contributed by atoms with Crippen molar-refractivity contribution in [2.75, 3.05) is 19.1 Å². The second-order valence-electron chi connectivity index (χ2n) is 2.45. The molecule has 2 N–H and O–H groups in total. The summed E-state index contributed by atoms with van der Waals surface area (Å²) in [6.07, 6.45) is 1.93. The summed E-state index contributed by atoms with van der Waals surface area (Å²) in [5.74, 6) is -0.362. The number of nitrogens with two attached hydrogens (primary N) is 1. The largest absolute Gasteiger partial charge is 0.465 e. The Labute approximate surface area is 81.3 Å². The fraction of sp³-hybridized carbons (Fsp3) is 0.222. The Morgan fingerprint density at radius 2 is 2.23 bits per heavy atom. The number of benzene rings is 1. The van der Waals surface area contributed by atoms with Gasteiger partial charge in [0.05, 0.1) is 12.7 Å². The molecule has 0 amide bonds. The molecule has 0 aromatic heterocycles. The summed E-state index contributed by atoms with van der Waals surface area (Å²) < 4.78 is 4.56. The first-order valence-corrected chi connectivity index (χ1v) is 4.93. The molecule has 0 spiro atoms. The van der Waals surface area contributed by atoms with E-state index >= 15 is 0 Å². The second kappa shape index (κ2) is 4.18. The van der Waals surface area contributed by atoms with Crippen LogP contribution in [0.3, 0.4) is 0 Å². The van der Waals surface area contributed by atoms with Crippen LogP contribution in [0, 0.1) is 0 Å². The lowest BCUT2D eigenvalue weighted by Gasteiger charge is -2.04. The molecule has 0 aliphatic heterocycles. The molecule has 1 rings (SSSR count). The lowest BCUT2D eigenvalue weighted by Crippen LogP contribution is -2.02. The minimum Gasteiger partial charge on any atom is -0.465 e. The molecule has 0 fully saturated rings. The van der Waals surface area contributed by atoms with Gasteiger partial charge in [-0.05, 0) is 24.5 Å². The van der Waals surface area contributed by atoms with Crippen molar-refractivity contribution < 1.29 is 9.53 Å². The number of esters is 1. The van der Waals surface area contributed by atoms with Crippen molar-refractivity contribution in [2.45, 2.75) is 4.90 Å². The fourth-order valence-electron chi connectivity index (χ4n) is 0.979. The van der Waals surface area contributed by atoms with Crippen LogP contribution in [0.25, 0.3) is 0 Å². The Hall–Kier alpha value is -1.16. The zero-order valence-electron chi connectivity index (χ0n) is 7.53. The number of rotatable bonds is 2. The molecule has 13 heavy (non-hydrogen) atoms. The highest BCUT2D eigenvalue weighted by Crippen LogP contribution is 2.23. The highest BCUT2D eigenvalue weighted by atomic mass is 32.2. The number of carbonyl (C=O) groups excluding carboxylic acids is 1. The van der Waals surface area contributed by atoms with E-state index in [1.807, 2.05) is 12.3 Å². The fourth-order valence-corrected chi connectivity index (χ4v) is 1.48. The van der Waals surface area contributed by atoms with Gasteiger partial charge in [-0.3, -0.25) is 0 Å². The van der Waals surface area contributed by atoms with Gasteiger partial charge in [-0.25, -0.2) is 4.79 Å². The zero-order chi connectivity index (χ0) is 9.84. The Morgan fingerprint density at radius 1 is 1.54 bits per heavy atom. The summed E-state index contributed by atoms with van der Waals surface area (Å²) in [4.78, 5) is 12.0. The Bertz CT molecular complexity index is 325. The summed E-state index contributed by atoms with van der Waals surface area (Å²) in [5.41, 5.74) is 6.79. The van der Waals surface area contributed by atoms with E-state index in [0.717, 1.165) is 4.90 Å². The second-order valence-corrected chi connectivity index (χ2v) is 3.30. The molecule has 0 heterocycles. The molecule has 0 radical (unpaired) electrons. The van der Waals surface area contributed by atoms with Crippen molar-refractivity contribution in [3.63, 3.8) is 0 Å². The number of hydrogen-bond donors (Lipinski definition) is 1. The van der Waals surface area contributed by atoms with Crippen molar-refractivity contribution in [1.82, 2.24) is 0 Å². The van der Waals surface area contributed by atoms with Crippen LogP contribution >= 0.6 is 11.8 Å². The zero-order valence-corrected chi connectivity index (χ0v) is 8.35. The van der Waals surface area contributed by atoms with E-state index < -0.39 is 0 Å². The van der Waals surface area contributed by atoms with Crippen LogP contribution in [-0.2, 0) is 4.74 Å². The molecule has 70 valence electrons. The van der Waals surface area contributed by atoms with Gasteiger partial charge in [0.2, 0.25) is 0 Å². The van der Waals surface area contributed by atoms with Crippen LogP contribution in [0.5, 0.6) is 0 Å². The van der Waals surface area contributed by atoms with E-state index in [0.29, 0.717) is 11.3 Å². The normalized spacial score (nSPS) is 9.69. The van der Waals surface area contributed by atoms with Gasteiger partial charge in [-0.15, -0.1) is 11.8 Å². The summed E-state index contributed by atoms with van der Waals surface area (Å²) in [6, 6.07) is 5.14. The first kappa shape index (κ1) is 9.92. The van der Waals surface area contributed by atoms with E-state index in [9.17, 15) is 4.79 Å². The van der Waals surface area contributed by atoms with E-state index in [1.165, 1.54) is 7.11 Å². The topological polar surface area (TPSA) is 52.3 Å². The van der Waals surface area contributed by atoms with Gasteiger partial charge < -0.3 is 10.5 Å². The molecule has 4 heteroatoms. The Kier molecular flexibility index (Phi) is 3.19. The van der Waals surface area contributed by atoms with Crippen LogP contribution < -0.4 is 5.73 Å². The van der Waals surface area contributed by atoms with Gasteiger partial charge in [0.15, 0.2) is 0 Å². The average Bonchev–Trinajstić information content (AvgIpc) is 2.16. The minimum atomic E-state index is -0.362. The lowest BCUT2D eigenvalue weighted by atomic mass is 10.2. The average molecular weight is 197 g/mol. The smallest absolute Gasteiger partial charge is 0.337 e. The molecule has 3 nitrogen and oxygen atoms in total. The number of nitrogen functional groups attached to an aromatic ring is 1. The highest BCUT2D eigenvalue weighted by molar-refractivity contribution is 7.98. The molecule has 0 atom stereocenters. The molecule has 0 unspecified atom stereocenters. The van der Waals surface area contributed by atoms with Gasteiger partial charge >= 0.3 is 5.97 Å². The molecule has 0 saturated carbocycles. The molecule has 0 saturated heterocycles. The SMILES string of the molecule is COC(=O)c1ccc(SC)c(N)c1. The van der Waals surface area contributed by atoms with Crippen molar-refractivity contribution >= 4 is 23.4 Å². The summed E-state index contributed by atoms with van der Waals surface area (Å²) in [7, 11) is 1.35. The molecule has 1 aromatic rings. The maximum absolute atomic E-state index is 11.1. The number of methoxy groups -OCH3 is 1. The lowest BCUT2D eigenvalue weighted by molar-refractivity contribution is 0.0600. The predicted molar refractivity (Wildman–Crippen MR) is 54.0 cm³/mol. The van der Waals surface area contributed by atoms with E-state index in [4.69, 9.17) is 5.73 Å². The number of thioether (sulfide) groups is 1. The molecular formula is C9H11NO2S. The van der Waals surface area contributed by atoms with Crippen LogP contribution in [0.1, 0.15) is 10.4 Å². The van der Waals surface area contributed by atoms with E-state index in [-0.39, 0.29) is 5.97 Å². The summed E-state index contributed by atoms with van der Waals surface area (Å²) in [5, 5.41) is 0.